The van der Waals surface area contributed by atoms with Crippen LogP contribution in [0.15, 0.2) is 36.4 Å². The first-order valence-electron chi connectivity index (χ1n) is 5.85. The van der Waals surface area contributed by atoms with Crippen LogP contribution >= 0.6 is 0 Å². The molecule has 19 heavy (non-hydrogen) atoms. The molecule has 100 valence electrons. The molecule has 0 saturated carbocycles. The van der Waals surface area contributed by atoms with Gasteiger partial charge in [-0.15, -0.1) is 0 Å². The Morgan fingerprint density at radius 2 is 1.53 bits per heavy atom. The molecule has 4 heteroatoms. The van der Waals surface area contributed by atoms with Crippen LogP contribution in [0.25, 0.3) is 11.1 Å². The third-order valence-corrected chi connectivity index (χ3v) is 2.95. The highest BCUT2D eigenvalue weighted by Gasteiger charge is 2.09. The Labute approximate surface area is 112 Å². The number of benzene rings is 2. The van der Waals surface area contributed by atoms with Gasteiger partial charge in [-0.05, 0) is 29.8 Å². The van der Waals surface area contributed by atoms with Crippen LogP contribution in [-0.4, -0.2) is 21.3 Å². The third-order valence-electron chi connectivity index (χ3n) is 2.95. The number of hydrogen-bond acceptors (Lipinski definition) is 4. The van der Waals surface area contributed by atoms with Gasteiger partial charge < -0.3 is 19.9 Å². The van der Waals surface area contributed by atoms with Gasteiger partial charge in [0.25, 0.3) is 0 Å². The quantitative estimate of drug-likeness (QED) is 0.858. The van der Waals surface area contributed by atoms with Gasteiger partial charge in [0.2, 0.25) is 0 Å². The molecule has 0 aliphatic carbocycles. The maximum Gasteiger partial charge on any atom is 0.141 e. The fourth-order valence-corrected chi connectivity index (χ4v) is 1.94. The molecule has 0 fully saturated rings. The molecule has 0 amide bonds. The molecule has 0 atom stereocenters. The van der Waals surface area contributed by atoms with E-state index in [0.29, 0.717) is 11.4 Å². The average molecular weight is 259 g/mol. The van der Waals surface area contributed by atoms with Crippen LogP contribution in [0.1, 0.15) is 0 Å². The van der Waals surface area contributed by atoms with Crippen molar-refractivity contribution in [1.82, 2.24) is 0 Å². The molecule has 2 aromatic rings. The molecule has 2 N–H and O–H groups in total. The monoisotopic (exact) mass is 259 g/mol. The lowest BCUT2D eigenvalue weighted by molar-refractivity contribution is 0.395. The van der Waals surface area contributed by atoms with Crippen molar-refractivity contribution >= 4 is 5.69 Å². The Bertz CT molecular complexity index is 582. The molecule has 2 rings (SSSR count). The van der Waals surface area contributed by atoms with Gasteiger partial charge in [0.1, 0.15) is 17.2 Å². The number of nitrogens with two attached hydrogens (primary N) is 1. The van der Waals surface area contributed by atoms with Crippen molar-refractivity contribution in [3.63, 3.8) is 0 Å². The lowest BCUT2D eigenvalue weighted by Gasteiger charge is -2.12. The Balaban J connectivity index is 2.49. The minimum Gasteiger partial charge on any atom is -0.497 e. The second-order valence-electron chi connectivity index (χ2n) is 4.02. The average Bonchev–Trinajstić information content (AvgIpc) is 2.46. The van der Waals surface area contributed by atoms with E-state index in [-0.39, 0.29) is 0 Å². The molecule has 0 aromatic heterocycles. The zero-order valence-electron chi connectivity index (χ0n) is 11.3. The highest BCUT2D eigenvalue weighted by atomic mass is 16.5. The molecule has 0 aliphatic rings. The second-order valence-corrected chi connectivity index (χ2v) is 4.02. The SMILES string of the molecule is COc1ccc(-c2ccc(OC)c(N)c2)c(OC)c1. The van der Waals surface area contributed by atoms with Gasteiger partial charge in [0.05, 0.1) is 27.0 Å². The van der Waals surface area contributed by atoms with E-state index in [1.165, 1.54) is 0 Å². The summed E-state index contributed by atoms with van der Waals surface area (Å²) in [5.74, 6) is 2.15. The summed E-state index contributed by atoms with van der Waals surface area (Å²) in [4.78, 5) is 0. The van der Waals surface area contributed by atoms with Crippen molar-refractivity contribution in [3.05, 3.63) is 36.4 Å². The van der Waals surface area contributed by atoms with Crippen molar-refractivity contribution in [2.24, 2.45) is 0 Å². The summed E-state index contributed by atoms with van der Waals surface area (Å²) in [6.07, 6.45) is 0. The number of ether oxygens (including phenoxy) is 3. The molecule has 0 bridgehead atoms. The van der Waals surface area contributed by atoms with E-state index in [1.54, 1.807) is 21.3 Å². The fraction of sp³-hybridized carbons (Fsp3) is 0.200. The third kappa shape index (κ3) is 2.57. The molecule has 2 aromatic carbocycles. The Hall–Kier alpha value is -2.36. The van der Waals surface area contributed by atoms with Crippen LogP contribution in [0.5, 0.6) is 17.2 Å². The summed E-state index contributed by atoms with van der Waals surface area (Å²) >= 11 is 0. The number of anilines is 1. The maximum atomic E-state index is 5.93. The normalized spacial score (nSPS) is 10.1. The second kappa shape index (κ2) is 5.52. The molecule has 0 spiro atoms. The Morgan fingerprint density at radius 1 is 0.789 bits per heavy atom. The Morgan fingerprint density at radius 3 is 2.11 bits per heavy atom. The van der Waals surface area contributed by atoms with Crippen molar-refractivity contribution in [3.8, 4) is 28.4 Å². The Kier molecular flexibility index (Phi) is 3.80. The molecule has 0 unspecified atom stereocenters. The van der Waals surface area contributed by atoms with Crippen LogP contribution in [0.3, 0.4) is 0 Å². The van der Waals surface area contributed by atoms with Crippen LogP contribution in [0.4, 0.5) is 5.69 Å². The number of hydrogen-bond donors (Lipinski definition) is 1. The number of rotatable bonds is 4. The van der Waals surface area contributed by atoms with Crippen molar-refractivity contribution in [1.29, 1.82) is 0 Å². The first-order chi connectivity index (χ1) is 9.19. The smallest absolute Gasteiger partial charge is 0.141 e. The van der Waals surface area contributed by atoms with Crippen LogP contribution in [0.2, 0.25) is 0 Å². The van der Waals surface area contributed by atoms with E-state index in [4.69, 9.17) is 19.9 Å². The van der Waals surface area contributed by atoms with Crippen molar-refractivity contribution in [2.75, 3.05) is 27.1 Å². The zero-order chi connectivity index (χ0) is 13.8. The van der Waals surface area contributed by atoms with Gasteiger partial charge in [-0.3, -0.25) is 0 Å². The fourth-order valence-electron chi connectivity index (χ4n) is 1.94. The standard InChI is InChI=1S/C15H17NO3/c1-17-11-5-6-12(15(9-11)19-3)10-4-7-14(18-2)13(16)8-10/h4-9H,16H2,1-3H3. The summed E-state index contributed by atoms with van der Waals surface area (Å²) in [6, 6.07) is 11.3. The summed E-state index contributed by atoms with van der Waals surface area (Å²) < 4.78 is 15.7. The van der Waals surface area contributed by atoms with Crippen LogP contribution in [0, 0.1) is 0 Å². The maximum absolute atomic E-state index is 5.93. The minimum atomic E-state index is 0.595. The van der Waals surface area contributed by atoms with Crippen molar-refractivity contribution < 1.29 is 14.2 Å². The number of methoxy groups -OCH3 is 3. The van der Waals surface area contributed by atoms with E-state index < -0.39 is 0 Å². The highest BCUT2D eigenvalue weighted by molar-refractivity contribution is 5.75. The minimum absolute atomic E-state index is 0.595. The van der Waals surface area contributed by atoms with E-state index in [2.05, 4.69) is 0 Å². The van der Waals surface area contributed by atoms with Crippen molar-refractivity contribution in [2.45, 2.75) is 0 Å². The van der Waals surface area contributed by atoms with E-state index >= 15 is 0 Å². The van der Waals surface area contributed by atoms with E-state index in [0.717, 1.165) is 22.6 Å². The van der Waals surface area contributed by atoms with E-state index in [9.17, 15) is 0 Å². The van der Waals surface area contributed by atoms with Crippen LogP contribution in [-0.2, 0) is 0 Å². The summed E-state index contributed by atoms with van der Waals surface area (Å²) in [5, 5.41) is 0. The van der Waals surface area contributed by atoms with Gasteiger partial charge in [0, 0.05) is 11.6 Å². The molecular formula is C15H17NO3. The number of nitrogen functional groups attached to an aromatic ring is 1. The predicted molar refractivity (Wildman–Crippen MR) is 75.9 cm³/mol. The first-order valence-corrected chi connectivity index (χ1v) is 5.85. The highest BCUT2D eigenvalue weighted by Crippen LogP contribution is 2.35. The zero-order valence-corrected chi connectivity index (χ0v) is 11.3. The van der Waals surface area contributed by atoms with E-state index in [1.807, 2.05) is 36.4 Å². The van der Waals surface area contributed by atoms with Gasteiger partial charge in [0.15, 0.2) is 0 Å². The molecule has 0 saturated heterocycles. The first kappa shape index (κ1) is 13.1. The van der Waals surface area contributed by atoms with Gasteiger partial charge in [-0.2, -0.15) is 0 Å². The summed E-state index contributed by atoms with van der Waals surface area (Å²) in [5.41, 5.74) is 8.45. The lowest BCUT2D eigenvalue weighted by atomic mass is 10.0. The summed E-state index contributed by atoms with van der Waals surface area (Å²) in [6.45, 7) is 0. The predicted octanol–water partition coefficient (Wildman–Crippen LogP) is 2.96. The largest absolute Gasteiger partial charge is 0.497 e. The summed E-state index contributed by atoms with van der Waals surface area (Å²) in [7, 11) is 4.85. The lowest BCUT2D eigenvalue weighted by Crippen LogP contribution is -1.94. The molecule has 0 radical (unpaired) electrons. The topological polar surface area (TPSA) is 53.7 Å². The van der Waals surface area contributed by atoms with Crippen LogP contribution < -0.4 is 19.9 Å². The molecule has 4 nitrogen and oxygen atoms in total. The van der Waals surface area contributed by atoms with Gasteiger partial charge >= 0.3 is 0 Å². The van der Waals surface area contributed by atoms with Gasteiger partial charge in [-0.1, -0.05) is 6.07 Å². The molecular weight excluding hydrogens is 242 g/mol. The van der Waals surface area contributed by atoms with Gasteiger partial charge in [-0.25, -0.2) is 0 Å². The molecule has 0 heterocycles. The molecule has 0 aliphatic heterocycles.